The number of aryl methyl sites for hydroxylation is 1. The number of thiophene rings is 1. The first-order valence-corrected chi connectivity index (χ1v) is 8.51. The molecular weight excluding hydrogens is 344 g/mol. The molecule has 0 atom stereocenters. The average molecular weight is 358 g/mol. The summed E-state index contributed by atoms with van der Waals surface area (Å²) >= 11 is 14.1. The monoisotopic (exact) mass is 357 g/mol. The van der Waals surface area contributed by atoms with E-state index in [9.17, 15) is 4.39 Å². The van der Waals surface area contributed by atoms with E-state index in [4.69, 9.17) is 23.2 Å². The van der Waals surface area contributed by atoms with Crippen molar-refractivity contribution in [1.82, 2.24) is 9.61 Å². The molecule has 3 nitrogen and oxygen atoms in total. The minimum Gasteiger partial charge on any atom is -0.378 e. The topological polar surface area (TPSA) is 29.3 Å². The third-order valence-corrected chi connectivity index (χ3v) is 4.80. The Morgan fingerprint density at radius 3 is 2.91 bits per heavy atom. The van der Waals surface area contributed by atoms with Gasteiger partial charge in [0.15, 0.2) is 5.15 Å². The van der Waals surface area contributed by atoms with E-state index in [1.54, 1.807) is 21.9 Å². The summed E-state index contributed by atoms with van der Waals surface area (Å²) in [5.41, 5.74) is 2.59. The third-order valence-electron chi connectivity index (χ3n) is 3.34. The summed E-state index contributed by atoms with van der Waals surface area (Å²) in [6.07, 6.45) is 1.03. The quantitative estimate of drug-likeness (QED) is 0.655. The zero-order chi connectivity index (χ0) is 15.5. The number of rotatable bonds is 6. The lowest BCUT2D eigenvalue weighted by Crippen LogP contribution is -2.02. The van der Waals surface area contributed by atoms with Crippen molar-refractivity contribution in [2.24, 2.45) is 0 Å². The van der Waals surface area contributed by atoms with Gasteiger partial charge in [0.1, 0.15) is 5.15 Å². The molecule has 3 aromatic heterocycles. The molecule has 0 radical (unpaired) electrons. The maximum Gasteiger partial charge on any atom is 0.152 e. The van der Waals surface area contributed by atoms with Crippen molar-refractivity contribution in [3.05, 3.63) is 50.4 Å². The van der Waals surface area contributed by atoms with Gasteiger partial charge in [-0.1, -0.05) is 29.3 Å². The van der Waals surface area contributed by atoms with Gasteiger partial charge in [-0.05, 0) is 35.9 Å². The van der Waals surface area contributed by atoms with Gasteiger partial charge in [-0.2, -0.15) is 5.10 Å². The molecule has 0 bridgehead atoms. The molecule has 116 valence electrons. The second-order valence-electron chi connectivity index (χ2n) is 4.86. The van der Waals surface area contributed by atoms with E-state index in [-0.39, 0.29) is 6.67 Å². The van der Waals surface area contributed by atoms with Crippen molar-refractivity contribution in [3.63, 3.8) is 0 Å². The number of nitrogens with one attached hydrogen (secondary N) is 1. The van der Waals surface area contributed by atoms with Gasteiger partial charge in [-0.15, -0.1) is 11.3 Å². The van der Waals surface area contributed by atoms with Gasteiger partial charge in [0.05, 0.1) is 17.9 Å². The largest absolute Gasteiger partial charge is 0.378 e. The number of aromatic nitrogens is 2. The van der Waals surface area contributed by atoms with E-state index < -0.39 is 0 Å². The van der Waals surface area contributed by atoms with E-state index >= 15 is 0 Å². The minimum atomic E-state index is -0.361. The van der Waals surface area contributed by atoms with E-state index in [1.165, 1.54) is 4.88 Å². The van der Waals surface area contributed by atoms with Crippen molar-refractivity contribution < 1.29 is 4.39 Å². The first kappa shape index (κ1) is 15.6. The maximum atomic E-state index is 12.4. The summed E-state index contributed by atoms with van der Waals surface area (Å²) < 4.78 is 14.0. The molecule has 0 aliphatic rings. The number of nitrogens with zero attached hydrogens (tertiary/aromatic N) is 2. The minimum absolute atomic E-state index is 0.357. The van der Waals surface area contributed by atoms with Crippen LogP contribution in [0.1, 0.15) is 16.9 Å². The first-order valence-electron chi connectivity index (χ1n) is 6.88. The Balaban J connectivity index is 1.94. The van der Waals surface area contributed by atoms with Crippen molar-refractivity contribution in [2.75, 3.05) is 12.0 Å². The number of halogens is 3. The maximum absolute atomic E-state index is 12.4. The lowest BCUT2D eigenvalue weighted by molar-refractivity contribution is 0.473. The van der Waals surface area contributed by atoms with Crippen LogP contribution in [-0.2, 0) is 13.0 Å². The molecule has 0 saturated heterocycles. The van der Waals surface area contributed by atoms with Gasteiger partial charge in [0.25, 0.3) is 0 Å². The Bertz CT molecular complexity index is 771. The fourth-order valence-corrected chi connectivity index (χ4v) is 3.41. The summed E-state index contributed by atoms with van der Waals surface area (Å²) in [6, 6.07) is 7.80. The van der Waals surface area contributed by atoms with Gasteiger partial charge in [-0.25, -0.2) is 4.52 Å². The molecule has 0 aliphatic carbocycles. The lowest BCUT2D eigenvalue weighted by Gasteiger charge is -2.08. The Hall–Kier alpha value is -1.30. The second kappa shape index (κ2) is 6.86. The summed E-state index contributed by atoms with van der Waals surface area (Å²) in [7, 11) is 0. The van der Waals surface area contributed by atoms with Gasteiger partial charge in [0, 0.05) is 17.5 Å². The third kappa shape index (κ3) is 3.21. The molecule has 1 N–H and O–H groups in total. The van der Waals surface area contributed by atoms with Gasteiger partial charge >= 0.3 is 0 Å². The average Bonchev–Trinajstić information content (AvgIpc) is 3.12. The lowest BCUT2D eigenvalue weighted by atomic mass is 10.2. The molecule has 22 heavy (non-hydrogen) atoms. The Morgan fingerprint density at radius 2 is 2.18 bits per heavy atom. The van der Waals surface area contributed by atoms with Gasteiger partial charge in [0.2, 0.25) is 0 Å². The fourth-order valence-electron chi connectivity index (χ4n) is 2.30. The highest BCUT2D eigenvalue weighted by atomic mass is 35.5. The first-order chi connectivity index (χ1) is 10.7. The molecule has 0 aromatic carbocycles. The summed E-state index contributed by atoms with van der Waals surface area (Å²) in [5, 5.41) is 10.5. The van der Waals surface area contributed by atoms with Crippen molar-refractivity contribution in [2.45, 2.75) is 19.4 Å². The Labute approximate surface area is 141 Å². The van der Waals surface area contributed by atoms with Crippen LogP contribution in [0.2, 0.25) is 10.3 Å². The van der Waals surface area contributed by atoms with Crippen LogP contribution in [0.5, 0.6) is 0 Å². The van der Waals surface area contributed by atoms with E-state index in [0.717, 1.165) is 16.8 Å². The van der Waals surface area contributed by atoms with Crippen LogP contribution in [0.15, 0.2) is 29.6 Å². The van der Waals surface area contributed by atoms with Crippen molar-refractivity contribution in [3.8, 4) is 0 Å². The molecule has 0 unspecified atom stereocenters. The van der Waals surface area contributed by atoms with Crippen LogP contribution in [0.4, 0.5) is 10.1 Å². The standard InChI is InChI=1S/C15H14Cl2FN3S/c16-14-8-12(19-9-11-4-2-6-22-11)13-7-10(3-1-5-18)15(17)21(13)20-14/h2,4,6-8,19H,1,3,5,9H2. The van der Waals surface area contributed by atoms with Crippen molar-refractivity contribution in [1.29, 1.82) is 0 Å². The van der Waals surface area contributed by atoms with E-state index in [1.807, 2.05) is 17.5 Å². The van der Waals surface area contributed by atoms with Crippen molar-refractivity contribution >= 4 is 45.7 Å². The van der Waals surface area contributed by atoms with Crippen LogP contribution < -0.4 is 5.32 Å². The molecule has 0 fully saturated rings. The number of hydrogen-bond donors (Lipinski definition) is 1. The highest BCUT2D eigenvalue weighted by Crippen LogP contribution is 2.29. The van der Waals surface area contributed by atoms with Crippen LogP contribution >= 0.6 is 34.5 Å². The molecule has 0 spiro atoms. The van der Waals surface area contributed by atoms with Crippen LogP contribution in [0.3, 0.4) is 0 Å². The highest BCUT2D eigenvalue weighted by Gasteiger charge is 2.13. The SMILES string of the molecule is FCCCc1cc2c(NCc3cccs3)cc(Cl)nn2c1Cl. The zero-order valence-corrected chi connectivity index (χ0v) is 14.0. The molecule has 0 amide bonds. The number of fused-ring (bicyclic) bond motifs is 1. The normalized spacial score (nSPS) is 11.2. The molecule has 0 saturated carbocycles. The molecule has 3 heterocycles. The predicted octanol–water partition coefficient (Wildman–Crippen LogP) is 5.22. The number of alkyl halides is 1. The Kier molecular flexibility index (Phi) is 4.86. The van der Waals surface area contributed by atoms with Gasteiger partial charge in [-0.3, -0.25) is 4.39 Å². The molecule has 0 aliphatic heterocycles. The van der Waals surface area contributed by atoms with Gasteiger partial charge < -0.3 is 5.32 Å². The second-order valence-corrected chi connectivity index (χ2v) is 6.64. The molecule has 3 aromatic rings. The fraction of sp³-hybridized carbons (Fsp3) is 0.267. The van der Waals surface area contributed by atoms with Crippen LogP contribution in [0, 0.1) is 0 Å². The summed E-state index contributed by atoms with van der Waals surface area (Å²) in [4.78, 5) is 1.22. The van der Waals surface area contributed by atoms with Crippen LogP contribution in [-0.4, -0.2) is 16.3 Å². The molecule has 7 heteroatoms. The molecule has 3 rings (SSSR count). The highest BCUT2D eigenvalue weighted by molar-refractivity contribution is 7.09. The Morgan fingerprint density at radius 1 is 1.32 bits per heavy atom. The van der Waals surface area contributed by atoms with E-state index in [2.05, 4.69) is 16.5 Å². The summed E-state index contributed by atoms with van der Waals surface area (Å²) in [6.45, 7) is 0.344. The summed E-state index contributed by atoms with van der Waals surface area (Å²) in [5.74, 6) is 0. The number of anilines is 1. The zero-order valence-electron chi connectivity index (χ0n) is 11.7. The predicted molar refractivity (Wildman–Crippen MR) is 91.2 cm³/mol. The smallest absolute Gasteiger partial charge is 0.152 e. The number of hydrogen-bond acceptors (Lipinski definition) is 3. The van der Waals surface area contributed by atoms with Crippen LogP contribution in [0.25, 0.3) is 5.52 Å². The van der Waals surface area contributed by atoms with E-state index in [0.29, 0.717) is 29.7 Å². The molecular formula is C15H14Cl2FN3S.